The van der Waals surface area contributed by atoms with Crippen molar-refractivity contribution in [2.75, 3.05) is 4.90 Å². The number of carbonyl (C=O) groups excluding carboxylic acids is 1. The number of anilines is 1. The predicted octanol–water partition coefficient (Wildman–Crippen LogP) is 2.91. The molecule has 5 heteroatoms. The molecular weight excluding hydrogens is 258 g/mol. The predicted molar refractivity (Wildman–Crippen MR) is 75.6 cm³/mol. The molecule has 0 spiro atoms. The molecule has 106 valence electrons. The summed E-state index contributed by atoms with van der Waals surface area (Å²) in [6.07, 6.45) is 2.52. The van der Waals surface area contributed by atoms with Gasteiger partial charge in [-0.2, -0.15) is 0 Å². The van der Waals surface area contributed by atoms with Crippen LogP contribution in [0.1, 0.15) is 26.3 Å². The first kappa shape index (κ1) is 14.1. The smallest absolute Gasteiger partial charge is 0.415 e. The average molecular weight is 275 g/mol. The number of aliphatic carboxylic acids is 1. The van der Waals surface area contributed by atoms with Crippen molar-refractivity contribution in [3.63, 3.8) is 0 Å². The molecule has 1 heterocycles. The third kappa shape index (κ3) is 2.82. The molecule has 1 aliphatic heterocycles. The maximum atomic E-state index is 12.3. The lowest BCUT2D eigenvalue weighted by Crippen LogP contribution is -2.47. The van der Waals surface area contributed by atoms with Crippen LogP contribution < -0.4 is 4.90 Å². The molecule has 0 saturated carbocycles. The zero-order chi connectivity index (χ0) is 14.9. The van der Waals surface area contributed by atoms with Crippen LogP contribution in [0.25, 0.3) is 6.08 Å². The number of benzene rings is 1. The molecule has 1 N–H and O–H groups in total. The van der Waals surface area contributed by atoms with Gasteiger partial charge in [0.25, 0.3) is 0 Å². The van der Waals surface area contributed by atoms with E-state index in [0.717, 1.165) is 5.56 Å². The largest absolute Gasteiger partial charge is 0.479 e. The number of carboxylic acid groups (broad SMARTS) is 1. The fourth-order valence-corrected chi connectivity index (χ4v) is 1.99. The first-order valence-corrected chi connectivity index (χ1v) is 6.32. The van der Waals surface area contributed by atoms with Crippen LogP contribution in [0.2, 0.25) is 0 Å². The second kappa shape index (κ2) is 5.00. The number of carboxylic acids is 1. The Bertz CT molecular complexity index is 571. The van der Waals surface area contributed by atoms with E-state index in [9.17, 15) is 14.7 Å². The van der Waals surface area contributed by atoms with Gasteiger partial charge in [0.1, 0.15) is 5.60 Å². The Hall–Kier alpha value is -2.30. The van der Waals surface area contributed by atoms with Crippen molar-refractivity contribution in [2.24, 2.45) is 0 Å². The van der Waals surface area contributed by atoms with Crippen molar-refractivity contribution in [1.29, 1.82) is 0 Å². The van der Waals surface area contributed by atoms with Crippen LogP contribution in [-0.2, 0) is 9.53 Å². The lowest BCUT2D eigenvalue weighted by atomic mass is 10.0. The van der Waals surface area contributed by atoms with Gasteiger partial charge in [0.15, 0.2) is 6.04 Å². The highest BCUT2D eigenvalue weighted by Gasteiger charge is 2.35. The van der Waals surface area contributed by atoms with Gasteiger partial charge < -0.3 is 9.84 Å². The van der Waals surface area contributed by atoms with Gasteiger partial charge in [0.2, 0.25) is 0 Å². The number of hydrogen-bond acceptors (Lipinski definition) is 3. The average Bonchev–Trinajstić information content (AvgIpc) is 2.35. The standard InChI is InChI=1S/C15H17NO4/c1-15(2,3)20-14(19)16-11-7-5-4-6-10(11)8-9-12(16)13(17)18/h4-9,12H,1-3H3,(H,17,18). The van der Waals surface area contributed by atoms with Crippen LogP contribution in [0.5, 0.6) is 0 Å². The molecule has 0 aliphatic carbocycles. The van der Waals surface area contributed by atoms with Crippen molar-refractivity contribution in [3.8, 4) is 0 Å². The van der Waals surface area contributed by atoms with Crippen LogP contribution in [0.4, 0.5) is 10.5 Å². The number of amides is 1. The number of hydrogen-bond donors (Lipinski definition) is 1. The Morgan fingerprint density at radius 1 is 1.25 bits per heavy atom. The molecule has 0 bridgehead atoms. The summed E-state index contributed by atoms with van der Waals surface area (Å²) in [6.45, 7) is 5.23. The fraction of sp³-hybridized carbons (Fsp3) is 0.333. The Labute approximate surface area is 117 Å². The topological polar surface area (TPSA) is 66.8 Å². The van der Waals surface area contributed by atoms with E-state index in [1.54, 1.807) is 39.0 Å². The fourth-order valence-electron chi connectivity index (χ4n) is 1.99. The second-order valence-electron chi connectivity index (χ2n) is 5.55. The van der Waals surface area contributed by atoms with Gasteiger partial charge in [-0.1, -0.05) is 24.3 Å². The molecular formula is C15H17NO4. The van der Waals surface area contributed by atoms with Gasteiger partial charge in [-0.05, 0) is 38.5 Å². The van der Waals surface area contributed by atoms with Gasteiger partial charge in [-0.15, -0.1) is 0 Å². The molecule has 1 amide bonds. The molecule has 1 unspecified atom stereocenters. The van der Waals surface area contributed by atoms with Crippen molar-refractivity contribution in [2.45, 2.75) is 32.4 Å². The lowest BCUT2D eigenvalue weighted by Gasteiger charge is -2.33. The van der Waals surface area contributed by atoms with Crippen LogP contribution >= 0.6 is 0 Å². The highest BCUT2D eigenvalue weighted by atomic mass is 16.6. The van der Waals surface area contributed by atoms with Crippen LogP contribution in [0.3, 0.4) is 0 Å². The Morgan fingerprint density at radius 3 is 2.50 bits per heavy atom. The zero-order valence-corrected chi connectivity index (χ0v) is 11.7. The summed E-state index contributed by atoms with van der Waals surface area (Å²) in [5, 5.41) is 9.28. The minimum absolute atomic E-state index is 0.539. The Kier molecular flexibility index (Phi) is 3.53. The maximum absolute atomic E-state index is 12.3. The Morgan fingerprint density at radius 2 is 1.90 bits per heavy atom. The number of nitrogens with zero attached hydrogens (tertiary/aromatic N) is 1. The van der Waals surface area contributed by atoms with E-state index in [2.05, 4.69) is 0 Å². The Balaban J connectivity index is 2.42. The second-order valence-corrected chi connectivity index (χ2v) is 5.55. The van der Waals surface area contributed by atoms with E-state index < -0.39 is 23.7 Å². The van der Waals surface area contributed by atoms with Crippen molar-refractivity contribution < 1.29 is 19.4 Å². The monoisotopic (exact) mass is 275 g/mol. The van der Waals surface area contributed by atoms with Gasteiger partial charge in [0.05, 0.1) is 5.69 Å². The van der Waals surface area contributed by atoms with Crippen LogP contribution in [-0.4, -0.2) is 28.8 Å². The van der Waals surface area contributed by atoms with E-state index in [1.165, 1.54) is 11.0 Å². The molecule has 0 saturated heterocycles. The van der Waals surface area contributed by atoms with E-state index >= 15 is 0 Å². The number of rotatable bonds is 1. The molecule has 20 heavy (non-hydrogen) atoms. The maximum Gasteiger partial charge on any atom is 0.415 e. The van der Waals surface area contributed by atoms with Crippen molar-refractivity contribution >= 4 is 23.8 Å². The molecule has 1 aromatic rings. The lowest BCUT2D eigenvalue weighted by molar-refractivity contribution is -0.137. The van der Waals surface area contributed by atoms with Gasteiger partial charge in [-0.25, -0.2) is 9.59 Å². The summed E-state index contributed by atoms with van der Waals surface area (Å²) in [6, 6.07) is 6.06. The summed E-state index contributed by atoms with van der Waals surface area (Å²) in [4.78, 5) is 24.8. The molecule has 1 aromatic carbocycles. The first-order valence-electron chi connectivity index (χ1n) is 6.32. The third-order valence-corrected chi connectivity index (χ3v) is 2.78. The molecule has 5 nitrogen and oxygen atoms in total. The number of carbonyl (C=O) groups is 2. The SMILES string of the molecule is CC(C)(C)OC(=O)N1c2ccccc2C=CC1C(=O)O. The first-order chi connectivity index (χ1) is 9.29. The summed E-state index contributed by atoms with van der Waals surface area (Å²) < 4.78 is 5.30. The molecule has 0 fully saturated rings. The summed E-state index contributed by atoms with van der Waals surface area (Å²) in [5.41, 5.74) is 0.642. The minimum atomic E-state index is -1.10. The minimum Gasteiger partial charge on any atom is -0.479 e. The molecule has 0 radical (unpaired) electrons. The third-order valence-electron chi connectivity index (χ3n) is 2.78. The van der Waals surface area contributed by atoms with Gasteiger partial charge in [0, 0.05) is 0 Å². The molecule has 2 rings (SSSR count). The van der Waals surface area contributed by atoms with Crippen molar-refractivity contribution in [1.82, 2.24) is 0 Å². The highest BCUT2D eigenvalue weighted by Crippen LogP contribution is 2.30. The summed E-state index contributed by atoms with van der Waals surface area (Å²) >= 11 is 0. The summed E-state index contributed by atoms with van der Waals surface area (Å²) in [7, 11) is 0. The normalized spacial score (nSPS) is 17.6. The molecule has 0 aromatic heterocycles. The van der Waals surface area contributed by atoms with Crippen molar-refractivity contribution in [3.05, 3.63) is 35.9 Å². The van der Waals surface area contributed by atoms with Crippen LogP contribution in [0.15, 0.2) is 30.3 Å². The number of ether oxygens (including phenoxy) is 1. The number of para-hydroxylation sites is 1. The quantitative estimate of drug-likeness (QED) is 0.855. The zero-order valence-electron chi connectivity index (χ0n) is 11.7. The number of fused-ring (bicyclic) bond motifs is 1. The van der Waals surface area contributed by atoms with E-state index in [1.807, 2.05) is 12.1 Å². The highest BCUT2D eigenvalue weighted by molar-refractivity contribution is 6.00. The van der Waals surface area contributed by atoms with Gasteiger partial charge >= 0.3 is 12.1 Å². The van der Waals surface area contributed by atoms with E-state index in [-0.39, 0.29) is 0 Å². The van der Waals surface area contributed by atoms with Crippen LogP contribution in [0, 0.1) is 0 Å². The molecule has 1 aliphatic rings. The van der Waals surface area contributed by atoms with Gasteiger partial charge in [-0.3, -0.25) is 4.90 Å². The van der Waals surface area contributed by atoms with E-state index in [0.29, 0.717) is 5.69 Å². The summed E-state index contributed by atoms with van der Waals surface area (Å²) in [5.74, 6) is -1.10. The van der Waals surface area contributed by atoms with E-state index in [4.69, 9.17) is 4.74 Å². The molecule has 1 atom stereocenters.